The molecule has 6 amide bonds. The van der Waals surface area contributed by atoms with Crippen LogP contribution in [0.1, 0.15) is 149 Å². The van der Waals surface area contributed by atoms with Crippen molar-refractivity contribution in [2.75, 3.05) is 53.6 Å². The standard InChI is InChI=1S/C96H116Cl3N9O29/c1-8-46(28-43(2)3)89(125)106-76-63(113)32-53(35-71(100)115)90(126)104-74-52-33-67(132-65-22-17-50(78(76)116)30-59(65)98)86(137-95-87(84(122)82(120)70(42-110)135-95)136-72-38-96(5,88(124)44(4)131-72)103-39-45-10-12-47(13-11-45)48-14-19-54(97)20-15-48)68(34-52)133-66-23-18-51(31-60(66)99)79(117)77-93(129)105-75(92(128)102-24-9-26-108(6)7)57-37-62(112)58(40-101-25-27-130-94-85(123)83(121)81(119)69(41-109)134-94)80(118)73(57)56-29-49(16-21-61(56)111)55(36-64(74)114)91(127)107-77/h10-23,29-31,33-34,37,43-44,46,53,55,69-70,72,74-79,81-85,87-88,94-95,101,103,109-112,116-124H,8-9,24-28,32,35-36,38-42H2,1-7H3,(H2,100,115)(H,102,128)(H,104,126)(H,105,129)(H,106,125)(H,107,127)/t44?,46-,53+,55+,69?,70-,72+,74-,75?,76+,77+,78-,79-,81-,82?,83?,84?,85-,87-,88-,94+,95?,96?/m1/s1. The van der Waals surface area contributed by atoms with Crippen LogP contribution in [0.3, 0.4) is 0 Å². The first kappa shape index (κ1) is 104. The third-order valence-electron chi connectivity index (χ3n) is 25.5. The summed E-state index contributed by atoms with van der Waals surface area (Å²) < 4.78 is 51.2. The summed E-state index contributed by atoms with van der Waals surface area (Å²) in [5.41, 5.74) is 4.56. The second-order valence-corrected chi connectivity index (χ2v) is 37.4. The summed E-state index contributed by atoms with van der Waals surface area (Å²) in [5, 5.41) is 171. The largest absolute Gasteiger partial charge is 0.507 e. The summed E-state index contributed by atoms with van der Waals surface area (Å²) in [4.78, 5) is 125. The normalized spacial score (nSPS) is 28.3. The van der Waals surface area contributed by atoms with Crippen LogP contribution in [0.2, 0.25) is 15.1 Å². The lowest BCUT2D eigenvalue weighted by molar-refractivity contribution is -0.334. The summed E-state index contributed by atoms with van der Waals surface area (Å²) in [7, 11) is 3.56. The van der Waals surface area contributed by atoms with Crippen LogP contribution in [0, 0.1) is 17.8 Å². The molecule has 0 saturated carbocycles. The first-order chi connectivity index (χ1) is 65.2. The molecule has 15 rings (SSSR count). The number of aliphatic hydroxyl groups is 10. The second-order valence-electron chi connectivity index (χ2n) is 36.1. The maximum absolute atomic E-state index is 16.8. The number of Topliss-reactive ketones (excluding diaryl/α,β-unsaturated/α-hetero) is 2. The van der Waals surface area contributed by atoms with Gasteiger partial charge in [0.2, 0.25) is 47.5 Å². The molecule has 7 aromatic rings. The lowest BCUT2D eigenvalue weighted by Gasteiger charge is -2.48. The SMILES string of the molecule is CC[C@H](CC(C)C)C(=O)N[C@H]1C(=O)C[C@@H](CC(N)=O)C(=O)N[C@H]2C(=O)C[C@@H]3C(=O)N[C@H](C(=O)NC(C(=O)NCCCN(C)C)c4cc(O)c(CNCCO[C@H]5OC(CO)[C@@H](O)C(O)[C@H]5O)c(O)c4-c4cc3ccc4O)[C@H](O)c3ccc(c(Cl)c3)Oc3cc2cc(c3OC2O[C@H](CO)C(O)C(O)[C@H]2O[C@H]2CC(C)(NCc3ccc(-c4ccc(Cl)cc4)cc3)[C@H](O)C(C)O2)Oc2ccc(cc2Cl)[C@H]1O. The molecule has 38 nitrogen and oxygen atoms in total. The highest BCUT2D eigenvalue weighted by atomic mass is 35.5. The Morgan fingerprint density at radius 2 is 1.27 bits per heavy atom. The summed E-state index contributed by atoms with van der Waals surface area (Å²) in [6.07, 6.45) is -28.2. The van der Waals surface area contributed by atoms with Gasteiger partial charge < -0.3 is 152 Å². The van der Waals surface area contributed by atoms with Gasteiger partial charge in [0.05, 0.1) is 59.5 Å². The highest BCUT2D eigenvalue weighted by molar-refractivity contribution is 6.32. The van der Waals surface area contributed by atoms with E-state index in [4.69, 9.17) is 78.4 Å². The van der Waals surface area contributed by atoms with Crippen LogP contribution in [0.5, 0.6) is 46.0 Å². The quantitative estimate of drug-likeness (QED) is 0.0299. The topological polar surface area (TPSA) is 587 Å². The number of primary amides is 1. The van der Waals surface area contributed by atoms with Gasteiger partial charge in [-0.05, 0) is 171 Å². The number of ketones is 2. The summed E-state index contributed by atoms with van der Waals surface area (Å²) >= 11 is 20.8. The molecule has 0 radical (unpaired) electrons. The number of nitrogens with two attached hydrogens (primary N) is 1. The average Bonchev–Trinajstić information content (AvgIpc) is 0.756. The molecule has 11 bridgehead atoms. The number of nitrogens with zero attached hydrogens (tertiary/aromatic N) is 1. The van der Waals surface area contributed by atoms with Gasteiger partial charge in [-0.3, -0.25) is 38.4 Å². The van der Waals surface area contributed by atoms with Crippen molar-refractivity contribution in [1.29, 1.82) is 0 Å². The van der Waals surface area contributed by atoms with Crippen molar-refractivity contribution in [2.45, 2.75) is 220 Å². The molecule has 0 aromatic heterocycles. The molecule has 7 aromatic carbocycles. The van der Waals surface area contributed by atoms with Gasteiger partial charge in [0.1, 0.15) is 108 Å². The number of phenolic OH excluding ortho intramolecular Hbond substituents is 3. The first-order valence-corrected chi connectivity index (χ1v) is 46.2. The van der Waals surface area contributed by atoms with Crippen molar-refractivity contribution in [3.05, 3.63) is 175 Å². The summed E-state index contributed by atoms with van der Waals surface area (Å²) in [6, 6.07) is 20.2. The number of nitrogens with one attached hydrogen (secondary N) is 7. The molecule has 41 heteroatoms. The van der Waals surface area contributed by atoms with Crippen molar-refractivity contribution in [3.8, 4) is 68.2 Å². The van der Waals surface area contributed by atoms with Crippen LogP contribution in [0.25, 0.3) is 22.3 Å². The molecule has 3 saturated heterocycles. The zero-order chi connectivity index (χ0) is 99.0. The number of rotatable bonds is 28. The molecule has 0 aliphatic carbocycles. The van der Waals surface area contributed by atoms with E-state index in [1.165, 1.54) is 36.4 Å². The van der Waals surface area contributed by atoms with Crippen LogP contribution in [0.4, 0.5) is 0 Å². The molecule has 740 valence electrons. The van der Waals surface area contributed by atoms with Gasteiger partial charge in [-0.1, -0.05) is 110 Å². The van der Waals surface area contributed by atoms with Gasteiger partial charge in [0.25, 0.3) is 0 Å². The number of carbonyl (C=O) groups excluding carboxylic acids is 8. The van der Waals surface area contributed by atoms with E-state index in [9.17, 15) is 76.0 Å². The monoisotopic (exact) mass is 1960 g/mol. The predicted molar refractivity (Wildman–Crippen MR) is 492 cm³/mol. The second kappa shape index (κ2) is 45.3. The lowest BCUT2D eigenvalue weighted by atomic mass is 9.84. The lowest BCUT2D eigenvalue weighted by Crippen LogP contribution is -2.65. The van der Waals surface area contributed by atoms with Crippen molar-refractivity contribution >= 4 is 81.8 Å². The molecule has 8 unspecified atom stereocenters. The van der Waals surface area contributed by atoms with Crippen molar-refractivity contribution in [1.82, 2.24) is 42.1 Å². The number of phenols is 3. The van der Waals surface area contributed by atoms with Gasteiger partial charge in [-0.25, -0.2) is 0 Å². The number of carbonyl (C=O) groups is 8. The zero-order valence-corrected chi connectivity index (χ0v) is 78.2. The number of hydrogen-bond donors (Lipinski definition) is 21. The molecule has 23 atom stereocenters. The first-order valence-electron chi connectivity index (χ1n) is 45.0. The number of aliphatic hydroxyl groups excluding tert-OH is 10. The van der Waals surface area contributed by atoms with Gasteiger partial charge in [0, 0.05) is 79.5 Å². The minimum absolute atomic E-state index is 0.0490. The Bertz CT molecular complexity index is 5530. The van der Waals surface area contributed by atoms with Gasteiger partial charge in [-0.15, -0.1) is 0 Å². The van der Waals surface area contributed by atoms with E-state index in [0.29, 0.717) is 24.4 Å². The van der Waals surface area contributed by atoms with Gasteiger partial charge in [-0.2, -0.15) is 0 Å². The van der Waals surface area contributed by atoms with E-state index >= 15 is 28.8 Å². The molecule has 8 aliphatic heterocycles. The third-order valence-corrected chi connectivity index (χ3v) is 26.3. The minimum Gasteiger partial charge on any atom is -0.507 e. The number of amides is 6. The fourth-order valence-electron chi connectivity index (χ4n) is 17.8. The molecule has 137 heavy (non-hydrogen) atoms. The Kier molecular flexibility index (Phi) is 34.4. The van der Waals surface area contributed by atoms with Crippen LogP contribution in [-0.2, 0) is 75.1 Å². The Morgan fingerprint density at radius 1 is 0.650 bits per heavy atom. The average molecular weight is 1970 g/mol. The Morgan fingerprint density at radius 3 is 1.88 bits per heavy atom. The van der Waals surface area contributed by atoms with Gasteiger partial charge >= 0.3 is 0 Å². The summed E-state index contributed by atoms with van der Waals surface area (Å²) in [6.45, 7) is 6.56. The molecular weight excluding hydrogens is 1850 g/mol. The molecular formula is C96H116Cl3N9O29. The zero-order valence-electron chi connectivity index (χ0n) is 75.9. The number of hydrogen-bond acceptors (Lipinski definition) is 32. The highest BCUT2D eigenvalue weighted by Gasteiger charge is 2.53. The third kappa shape index (κ3) is 24.0. The van der Waals surface area contributed by atoms with Gasteiger partial charge in [0.15, 0.2) is 41.7 Å². The van der Waals surface area contributed by atoms with E-state index in [1.54, 1.807) is 47.0 Å². The number of ether oxygens (including phenoxy) is 8. The Hall–Kier alpha value is -10.4. The maximum Gasteiger partial charge on any atom is 0.247 e. The number of benzene rings is 7. The molecule has 0 spiro atoms. The molecule has 22 N–H and O–H groups in total. The molecule has 8 aliphatic rings. The van der Waals surface area contributed by atoms with Crippen molar-refractivity contribution in [2.24, 2.45) is 23.5 Å². The van der Waals surface area contributed by atoms with Crippen molar-refractivity contribution in [3.63, 3.8) is 0 Å². The van der Waals surface area contributed by atoms with Crippen LogP contribution >= 0.6 is 34.8 Å². The number of aromatic hydroxyl groups is 3. The van der Waals surface area contributed by atoms with E-state index < -0.39 is 287 Å². The Labute approximate surface area is 803 Å². The predicted octanol–water partition coefficient (Wildman–Crippen LogP) is 4.56. The van der Waals surface area contributed by atoms with Crippen LogP contribution < -0.4 is 57.2 Å². The highest BCUT2D eigenvalue weighted by Crippen LogP contribution is 2.52. The number of fused-ring (bicyclic) bond motifs is 15. The maximum atomic E-state index is 16.8. The van der Waals surface area contributed by atoms with E-state index in [1.807, 2.05) is 55.1 Å². The fraction of sp³-hybridized carbons (Fsp3) is 0.479. The smallest absolute Gasteiger partial charge is 0.247 e. The fourth-order valence-corrected chi connectivity index (χ4v) is 18.4. The summed E-state index contributed by atoms with van der Waals surface area (Å²) in [5.74, 6) is -18.6. The van der Waals surface area contributed by atoms with E-state index in [2.05, 4.69) is 37.2 Å². The van der Waals surface area contributed by atoms with Crippen LogP contribution in [0.15, 0.2) is 121 Å². The van der Waals surface area contributed by atoms with Crippen LogP contribution in [-0.4, -0.2) is 269 Å². The van der Waals surface area contributed by atoms with E-state index in [-0.39, 0.29) is 83.8 Å². The number of halogens is 3. The Balaban J connectivity index is 0.974. The van der Waals surface area contributed by atoms with E-state index in [0.717, 1.165) is 53.1 Å². The molecule has 8 heterocycles. The minimum atomic E-state index is -2.28. The molecule has 3 fully saturated rings. The van der Waals surface area contributed by atoms with Crippen molar-refractivity contribution < 1.29 is 143 Å².